The van der Waals surface area contributed by atoms with Crippen LogP contribution in [0.1, 0.15) is 37.7 Å². The SMILES string of the molecule is O=[N+]([O-])c1ccccc1CN1CCC2(O)CCCCC2C1. The molecule has 1 aliphatic carbocycles. The summed E-state index contributed by atoms with van der Waals surface area (Å²) < 4.78 is 0. The van der Waals surface area contributed by atoms with E-state index in [1.54, 1.807) is 12.1 Å². The molecular formula is C16H22N2O3. The lowest BCUT2D eigenvalue weighted by atomic mass is 9.71. The Hall–Kier alpha value is -1.46. The lowest BCUT2D eigenvalue weighted by Crippen LogP contribution is -2.52. The van der Waals surface area contributed by atoms with Crippen LogP contribution < -0.4 is 0 Å². The van der Waals surface area contributed by atoms with Crippen molar-refractivity contribution in [2.75, 3.05) is 13.1 Å². The van der Waals surface area contributed by atoms with E-state index in [0.717, 1.165) is 44.3 Å². The van der Waals surface area contributed by atoms with Crippen LogP contribution in [0.4, 0.5) is 5.69 Å². The molecule has 2 fully saturated rings. The van der Waals surface area contributed by atoms with E-state index in [4.69, 9.17) is 0 Å². The van der Waals surface area contributed by atoms with Crippen LogP contribution in [-0.4, -0.2) is 33.6 Å². The van der Waals surface area contributed by atoms with E-state index in [1.807, 2.05) is 12.1 Å². The van der Waals surface area contributed by atoms with Crippen LogP contribution in [0, 0.1) is 16.0 Å². The van der Waals surface area contributed by atoms with E-state index < -0.39 is 5.60 Å². The zero-order chi connectivity index (χ0) is 14.9. The van der Waals surface area contributed by atoms with Gasteiger partial charge in [0.15, 0.2) is 0 Å². The maximum absolute atomic E-state index is 11.1. The predicted octanol–water partition coefficient (Wildman–Crippen LogP) is 2.72. The van der Waals surface area contributed by atoms with Crippen molar-refractivity contribution in [3.05, 3.63) is 39.9 Å². The van der Waals surface area contributed by atoms with Gasteiger partial charge in [-0.25, -0.2) is 0 Å². The number of nitro groups is 1. The van der Waals surface area contributed by atoms with Gasteiger partial charge >= 0.3 is 0 Å². The Balaban J connectivity index is 1.71. The number of hydrogen-bond donors (Lipinski definition) is 1. The molecule has 1 saturated carbocycles. The molecule has 3 rings (SSSR count). The number of benzene rings is 1. The molecule has 0 radical (unpaired) electrons. The van der Waals surface area contributed by atoms with Crippen LogP contribution in [0.3, 0.4) is 0 Å². The summed E-state index contributed by atoms with van der Waals surface area (Å²) in [5, 5.41) is 21.8. The number of nitro benzene ring substituents is 1. The molecule has 5 heteroatoms. The Bertz CT molecular complexity index is 534. The average Bonchev–Trinajstić information content (AvgIpc) is 2.48. The molecule has 2 atom stereocenters. The number of hydrogen-bond acceptors (Lipinski definition) is 4. The highest BCUT2D eigenvalue weighted by molar-refractivity contribution is 5.39. The Morgan fingerprint density at radius 3 is 2.95 bits per heavy atom. The summed E-state index contributed by atoms with van der Waals surface area (Å²) in [6, 6.07) is 6.96. The smallest absolute Gasteiger partial charge is 0.273 e. The average molecular weight is 290 g/mol. The summed E-state index contributed by atoms with van der Waals surface area (Å²) in [6.45, 7) is 2.27. The van der Waals surface area contributed by atoms with Crippen molar-refractivity contribution in [2.24, 2.45) is 5.92 Å². The van der Waals surface area contributed by atoms with Crippen molar-refractivity contribution in [3.8, 4) is 0 Å². The van der Waals surface area contributed by atoms with Crippen LogP contribution in [0.5, 0.6) is 0 Å². The third-order valence-electron chi connectivity index (χ3n) is 5.09. The lowest BCUT2D eigenvalue weighted by Gasteiger charge is -2.47. The quantitative estimate of drug-likeness (QED) is 0.686. The molecule has 5 nitrogen and oxygen atoms in total. The summed E-state index contributed by atoms with van der Waals surface area (Å²) in [7, 11) is 0. The van der Waals surface area contributed by atoms with Gasteiger partial charge in [-0.2, -0.15) is 0 Å². The maximum Gasteiger partial charge on any atom is 0.273 e. The van der Waals surface area contributed by atoms with Crippen molar-refractivity contribution >= 4 is 5.69 Å². The molecule has 1 aliphatic heterocycles. The zero-order valence-corrected chi connectivity index (χ0v) is 12.2. The van der Waals surface area contributed by atoms with E-state index in [2.05, 4.69) is 4.90 Å². The van der Waals surface area contributed by atoms with Crippen LogP contribution in [0.25, 0.3) is 0 Å². The van der Waals surface area contributed by atoms with Gasteiger partial charge in [0.1, 0.15) is 0 Å². The number of likely N-dealkylation sites (tertiary alicyclic amines) is 1. The molecule has 0 spiro atoms. The molecule has 1 N–H and O–H groups in total. The first-order valence-electron chi connectivity index (χ1n) is 7.75. The first-order chi connectivity index (χ1) is 10.1. The van der Waals surface area contributed by atoms with Gasteiger partial charge in [-0.1, -0.05) is 31.0 Å². The Morgan fingerprint density at radius 2 is 2.14 bits per heavy atom. The fourth-order valence-electron chi connectivity index (χ4n) is 3.85. The third kappa shape index (κ3) is 2.94. The molecule has 0 aromatic heterocycles. The molecule has 0 amide bonds. The lowest BCUT2D eigenvalue weighted by molar-refractivity contribution is -0.385. The molecule has 2 unspecified atom stereocenters. The van der Waals surface area contributed by atoms with Crippen LogP contribution in [0.15, 0.2) is 24.3 Å². The highest BCUT2D eigenvalue weighted by Gasteiger charge is 2.42. The normalized spacial score (nSPS) is 29.9. The van der Waals surface area contributed by atoms with Gasteiger partial charge in [-0.05, 0) is 19.3 Å². The minimum absolute atomic E-state index is 0.196. The molecule has 1 aromatic rings. The summed E-state index contributed by atoms with van der Waals surface area (Å²) in [4.78, 5) is 13.0. The number of nitrogens with zero attached hydrogens (tertiary/aromatic N) is 2. The second kappa shape index (κ2) is 5.73. The number of piperidine rings is 1. The van der Waals surface area contributed by atoms with Crippen molar-refractivity contribution in [3.63, 3.8) is 0 Å². The summed E-state index contributed by atoms with van der Waals surface area (Å²) in [5.74, 6) is 0.322. The van der Waals surface area contributed by atoms with Crippen molar-refractivity contribution in [1.29, 1.82) is 0 Å². The van der Waals surface area contributed by atoms with Crippen LogP contribution in [0.2, 0.25) is 0 Å². The Morgan fingerprint density at radius 1 is 1.33 bits per heavy atom. The predicted molar refractivity (Wildman–Crippen MR) is 79.9 cm³/mol. The standard InChI is InChI=1S/C16H22N2O3/c19-16-8-4-3-6-14(16)12-17(10-9-16)11-13-5-1-2-7-15(13)18(20)21/h1-2,5,7,14,19H,3-4,6,8-12H2. The number of aliphatic hydroxyl groups is 1. The molecular weight excluding hydrogens is 268 g/mol. The Labute approximate surface area is 124 Å². The number of para-hydroxylation sites is 1. The highest BCUT2D eigenvalue weighted by Crippen LogP contribution is 2.40. The second-order valence-electron chi connectivity index (χ2n) is 6.42. The van der Waals surface area contributed by atoms with Gasteiger partial charge in [0.2, 0.25) is 0 Å². The van der Waals surface area contributed by atoms with E-state index in [1.165, 1.54) is 6.42 Å². The molecule has 114 valence electrons. The van der Waals surface area contributed by atoms with Crippen molar-refractivity contribution in [2.45, 2.75) is 44.2 Å². The Kier molecular flexibility index (Phi) is 3.95. The molecule has 1 aromatic carbocycles. The van der Waals surface area contributed by atoms with Gasteiger partial charge in [-0.3, -0.25) is 15.0 Å². The van der Waals surface area contributed by atoms with E-state index in [9.17, 15) is 15.2 Å². The second-order valence-corrected chi connectivity index (χ2v) is 6.42. The van der Waals surface area contributed by atoms with Crippen LogP contribution in [-0.2, 0) is 6.54 Å². The van der Waals surface area contributed by atoms with Gasteiger partial charge in [0.25, 0.3) is 5.69 Å². The molecule has 1 heterocycles. The molecule has 21 heavy (non-hydrogen) atoms. The molecule has 0 bridgehead atoms. The number of rotatable bonds is 3. The summed E-state index contributed by atoms with van der Waals surface area (Å²) in [5.41, 5.74) is 0.475. The third-order valence-corrected chi connectivity index (χ3v) is 5.09. The zero-order valence-electron chi connectivity index (χ0n) is 12.2. The number of fused-ring (bicyclic) bond motifs is 1. The minimum Gasteiger partial charge on any atom is -0.390 e. The fraction of sp³-hybridized carbons (Fsp3) is 0.625. The maximum atomic E-state index is 11.1. The minimum atomic E-state index is -0.489. The molecule has 2 aliphatic rings. The summed E-state index contributed by atoms with van der Waals surface area (Å²) >= 11 is 0. The fourth-order valence-corrected chi connectivity index (χ4v) is 3.85. The monoisotopic (exact) mass is 290 g/mol. The van der Waals surface area contributed by atoms with E-state index in [0.29, 0.717) is 12.5 Å². The first kappa shape index (κ1) is 14.5. The van der Waals surface area contributed by atoms with Gasteiger partial charge in [0, 0.05) is 37.2 Å². The van der Waals surface area contributed by atoms with Crippen LogP contribution >= 0.6 is 0 Å². The van der Waals surface area contributed by atoms with Gasteiger partial charge < -0.3 is 5.11 Å². The first-order valence-corrected chi connectivity index (χ1v) is 7.75. The van der Waals surface area contributed by atoms with Crippen molar-refractivity contribution < 1.29 is 10.0 Å². The van der Waals surface area contributed by atoms with E-state index in [-0.39, 0.29) is 10.6 Å². The highest BCUT2D eigenvalue weighted by atomic mass is 16.6. The van der Waals surface area contributed by atoms with Crippen molar-refractivity contribution in [1.82, 2.24) is 4.90 Å². The summed E-state index contributed by atoms with van der Waals surface area (Å²) in [6.07, 6.45) is 5.09. The van der Waals surface area contributed by atoms with Gasteiger partial charge in [-0.15, -0.1) is 0 Å². The van der Waals surface area contributed by atoms with Gasteiger partial charge in [0.05, 0.1) is 10.5 Å². The largest absolute Gasteiger partial charge is 0.390 e. The van der Waals surface area contributed by atoms with E-state index >= 15 is 0 Å². The molecule has 1 saturated heterocycles. The topological polar surface area (TPSA) is 66.6 Å².